The summed E-state index contributed by atoms with van der Waals surface area (Å²) < 4.78 is 0. The molecule has 2 aromatic rings. The van der Waals surface area contributed by atoms with Crippen LogP contribution in [0.3, 0.4) is 0 Å². The Balaban J connectivity index is 0.00000242. The van der Waals surface area contributed by atoms with Gasteiger partial charge in [-0.2, -0.15) is 0 Å². The van der Waals surface area contributed by atoms with Gasteiger partial charge >= 0.3 is 0 Å². The number of carbonyl (C=O) groups is 1. The third-order valence-electron chi connectivity index (χ3n) is 2.96. The number of hydrogen-bond acceptors (Lipinski definition) is 5. The Labute approximate surface area is 140 Å². The Bertz CT molecular complexity index is 619. The maximum absolute atomic E-state index is 12.0. The van der Waals surface area contributed by atoms with Crippen molar-refractivity contribution in [3.63, 3.8) is 0 Å². The number of halogens is 1. The van der Waals surface area contributed by atoms with E-state index in [-0.39, 0.29) is 23.7 Å². The van der Waals surface area contributed by atoms with Crippen molar-refractivity contribution >= 4 is 29.7 Å². The van der Waals surface area contributed by atoms with Crippen LogP contribution in [0.4, 0.5) is 0 Å². The minimum absolute atomic E-state index is 0. The molecule has 1 heterocycles. The highest BCUT2D eigenvalue weighted by Crippen LogP contribution is 2.25. The molecule has 1 aromatic carbocycles. The average Bonchev–Trinajstić information content (AvgIpc) is 2.94. The van der Waals surface area contributed by atoms with Gasteiger partial charge in [0.2, 0.25) is 0 Å². The highest BCUT2D eigenvalue weighted by Gasteiger charge is 2.19. The van der Waals surface area contributed by atoms with Gasteiger partial charge in [0, 0.05) is 17.5 Å². The summed E-state index contributed by atoms with van der Waals surface area (Å²) in [4.78, 5) is 12.0. The minimum Gasteiger partial charge on any atom is -0.345 e. The predicted molar refractivity (Wildman–Crippen MR) is 91.4 cm³/mol. The topological polar surface area (TPSA) is 80.9 Å². The van der Waals surface area contributed by atoms with Crippen LogP contribution in [0, 0.1) is 0 Å². The third kappa shape index (κ3) is 4.76. The Kier molecular flexibility index (Phi) is 6.47. The van der Waals surface area contributed by atoms with Crippen molar-refractivity contribution in [2.24, 2.45) is 5.73 Å². The molecule has 0 fully saturated rings. The van der Waals surface area contributed by atoms with Crippen LogP contribution in [0.1, 0.15) is 46.7 Å². The van der Waals surface area contributed by atoms with Gasteiger partial charge in [0.05, 0.1) is 6.54 Å². The number of amides is 1. The van der Waals surface area contributed by atoms with E-state index in [9.17, 15) is 4.79 Å². The lowest BCUT2D eigenvalue weighted by Gasteiger charge is -2.12. The van der Waals surface area contributed by atoms with E-state index in [0.717, 1.165) is 15.6 Å². The van der Waals surface area contributed by atoms with E-state index in [4.69, 9.17) is 5.73 Å². The molecule has 0 atom stereocenters. The molecule has 1 amide bonds. The Morgan fingerprint density at radius 2 is 1.86 bits per heavy atom. The SMILES string of the molecule is CC(C)(C)c1nnc(CNC(=O)c2ccc(CN)cc2)s1.Cl. The van der Waals surface area contributed by atoms with Gasteiger partial charge in [-0.25, -0.2) is 0 Å². The highest BCUT2D eigenvalue weighted by molar-refractivity contribution is 7.11. The molecule has 0 saturated carbocycles. The summed E-state index contributed by atoms with van der Waals surface area (Å²) in [5.41, 5.74) is 7.14. The lowest BCUT2D eigenvalue weighted by atomic mass is 9.98. The van der Waals surface area contributed by atoms with Gasteiger partial charge in [-0.1, -0.05) is 44.2 Å². The molecular formula is C15H21ClN4OS. The summed E-state index contributed by atoms with van der Waals surface area (Å²) in [5, 5.41) is 12.9. The lowest BCUT2D eigenvalue weighted by Crippen LogP contribution is -2.22. The summed E-state index contributed by atoms with van der Waals surface area (Å²) in [6, 6.07) is 7.27. The zero-order valence-corrected chi connectivity index (χ0v) is 14.6. The number of carbonyl (C=O) groups excluding carboxylic acids is 1. The predicted octanol–water partition coefficient (Wildman–Crippen LogP) is 2.65. The van der Waals surface area contributed by atoms with Crippen LogP contribution in [-0.4, -0.2) is 16.1 Å². The van der Waals surface area contributed by atoms with E-state index in [0.29, 0.717) is 18.7 Å². The fourth-order valence-electron chi connectivity index (χ4n) is 1.68. The number of nitrogens with one attached hydrogen (secondary N) is 1. The normalized spacial score (nSPS) is 10.9. The van der Waals surface area contributed by atoms with Gasteiger partial charge in [0.1, 0.15) is 10.0 Å². The number of nitrogens with zero attached hydrogens (tertiary/aromatic N) is 2. The molecule has 0 aliphatic rings. The van der Waals surface area contributed by atoms with Crippen molar-refractivity contribution in [2.75, 3.05) is 0 Å². The first-order valence-corrected chi connectivity index (χ1v) is 7.62. The van der Waals surface area contributed by atoms with E-state index in [1.54, 1.807) is 12.1 Å². The number of rotatable bonds is 4. The molecule has 0 radical (unpaired) electrons. The van der Waals surface area contributed by atoms with Crippen molar-refractivity contribution in [3.8, 4) is 0 Å². The van der Waals surface area contributed by atoms with Gasteiger partial charge in [-0.15, -0.1) is 22.6 Å². The summed E-state index contributed by atoms with van der Waals surface area (Å²) in [6.45, 7) is 7.14. The fraction of sp³-hybridized carbons (Fsp3) is 0.400. The molecule has 3 N–H and O–H groups in total. The zero-order valence-electron chi connectivity index (χ0n) is 12.9. The Morgan fingerprint density at radius 3 is 2.36 bits per heavy atom. The monoisotopic (exact) mass is 340 g/mol. The number of benzene rings is 1. The van der Waals surface area contributed by atoms with Crippen LogP contribution in [0.2, 0.25) is 0 Å². The first kappa shape index (κ1) is 18.5. The molecule has 2 rings (SSSR count). The smallest absolute Gasteiger partial charge is 0.251 e. The first-order valence-electron chi connectivity index (χ1n) is 6.80. The van der Waals surface area contributed by atoms with Gasteiger partial charge in [0.15, 0.2) is 0 Å². The maximum Gasteiger partial charge on any atom is 0.251 e. The highest BCUT2D eigenvalue weighted by atomic mass is 35.5. The second-order valence-corrected chi connectivity index (χ2v) is 6.90. The average molecular weight is 341 g/mol. The van der Waals surface area contributed by atoms with Crippen molar-refractivity contribution in [2.45, 2.75) is 39.3 Å². The van der Waals surface area contributed by atoms with Crippen molar-refractivity contribution in [1.82, 2.24) is 15.5 Å². The molecule has 0 bridgehead atoms. The summed E-state index contributed by atoms with van der Waals surface area (Å²) in [5.74, 6) is -0.119. The van der Waals surface area contributed by atoms with Crippen LogP contribution >= 0.6 is 23.7 Å². The molecule has 0 aliphatic carbocycles. The van der Waals surface area contributed by atoms with Crippen LogP contribution in [0.5, 0.6) is 0 Å². The molecule has 0 unspecified atom stereocenters. The quantitative estimate of drug-likeness (QED) is 0.896. The maximum atomic E-state index is 12.0. The van der Waals surface area contributed by atoms with Crippen LogP contribution in [0.15, 0.2) is 24.3 Å². The summed E-state index contributed by atoms with van der Waals surface area (Å²) in [6.07, 6.45) is 0. The molecule has 0 saturated heterocycles. The second-order valence-electron chi connectivity index (χ2n) is 5.83. The molecular weight excluding hydrogens is 320 g/mol. The number of hydrogen-bond donors (Lipinski definition) is 2. The van der Waals surface area contributed by atoms with E-state index in [1.165, 1.54) is 11.3 Å². The van der Waals surface area contributed by atoms with Gasteiger partial charge < -0.3 is 11.1 Å². The summed E-state index contributed by atoms with van der Waals surface area (Å²) >= 11 is 1.53. The molecule has 0 spiro atoms. The van der Waals surface area contributed by atoms with Gasteiger partial charge in [-0.3, -0.25) is 4.79 Å². The summed E-state index contributed by atoms with van der Waals surface area (Å²) in [7, 11) is 0. The molecule has 7 heteroatoms. The van der Waals surface area contributed by atoms with Gasteiger partial charge in [-0.05, 0) is 17.7 Å². The van der Waals surface area contributed by atoms with Crippen molar-refractivity contribution in [3.05, 3.63) is 45.4 Å². The van der Waals surface area contributed by atoms with E-state index in [1.807, 2.05) is 12.1 Å². The molecule has 1 aromatic heterocycles. The number of aromatic nitrogens is 2. The number of nitrogens with two attached hydrogens (primary N) is 1. The Morgan fingerprint density at radius 1 is 1.23 bits per heavy atom. The first-order chi connectivity index (χ1) is 9.90. The van der Waals surface area contributed by atoms with Crippen molar-refractivity contribution in [1.29, 1.82) is 0 Å². The minimum atomic E-state index is -0.119. The van der Waals surface area contributed by atoms with Gasteiger partial charge in [0.25, 0.3) is 5.91 Å². The van der Waals surface area contributed by atoms with E-state index >= 15 is 0 Å². The van der Waals surface area contributed by atoms with Crippen LogP contribution in [0.25, 0.3) is 0 Å². The lowest BCUT2D eigenvalue weighted by molar-refractivity contribution is 0.0951. The second kappa shape index (κ2) is 7.67. The molecule has 0 aliphatic heterocycles. The third-order valence-corrected chi connectivity index (χ3v) is 4.31. The fourth-order valence-corrected chi connectivity index (χ4v) is 2.52. The van der Waals surface area contributed by atoms with Crippen LogP contribution in [-0.2, 0) is 18.5 Å². The van der Waals surface area contributed by atoms with Crippen LogP contribution < -0.4 is 11.1 Å². The Hall–Kier alpha value is -1.50. The molecule has 120 valence electrons. The zero-order chi connectivity index (χ0) is 15.5. The molecule has 5 nitrogen and oxygen atoms in total. The largest absolute Gasteiger partial charge is 0.345 e. The van der Waals surface area contributed by atoms with E-state index < -0.39 is 0 Å². The van der Waals surface area contributed by atoms with Crippen molar-refractivity contribution < 1.29 is 4.79 Å². The standard InChI is InChI=1S/C15H20N4OS.ClH/c1-15(2,3)14-19-18-12(21-14)9-17-13(20)11-6-4-10(8-16)5-7-11;/h4-7H,8-9,16H2,1-3H3,(H,17,20);1H. The molecule has 22 heavy (non-hydrogen) atoms. The van der Waals surface area contributed by atoms with E-state index in [2.05, 4.69) is 36.3 Å².